The number of halogens is 1. The highest BCUT2D eigenvalue weighted by Gasteiger charge is 2.06. The van der Waals surface area contributed by atoms with Gasteiger partial charge in [-0.2, -0.15) is 0 Å². The number of nitrogens with one attached hydrogen (secondary N) is 2. The fourth-order valence-electron chi connectivity index (χ4n) is 2.39. The van der Waals surface area contributed by atoms with Crippen molar-refractivity contribution in [3.8, 4) is 0 Å². The molecule has 0 saturated heterocycles. The first-order valence-electron chi connectivity index (χ1n) is 7.77. The number of rotatable bonds is 5. The van der Waals surface area contributed by atoms with Gasteiger partial charge in [-0.05, 0) is 37.1 Å². The minimum absolute atomic E-state index is 0.704. The highest BCUT2D eigenvalue weighted by atomic mass is 35.5. The van der Waals surface area contributed by atoms with Crippen LogP contribution in [0.15, 0.2) is 54.6 Å². The Hall–Kier alpha value is -2.59. The van der Waals surface area contributed by atoms with Gasteiger partial charge in [0, 0.05) is 23.3 Å². The van der Waals surface area contributed by atoms with Gasteiger partial charge in [0.15, 0.2) is 0 Å². The van der Waals surface area contributed by atoms with Crippen LogP contribution in [-0.2, 0) is 6.54 Å². The average Bonchev–Trinajstić information content (AvgIpc) is 2.58. The predicted molar refractivity (Wildman–Crippen MR) is 100 cm³/mol. The van der Waals surface area contributed by atoms with Crippen LogP contribution in [0.4, 0.5) is 17.3 Å². The monoisotopic (exact) mass is 338 g/mol. The SMILES string of the molecule is Cc1nc(NCc2ccccc2)cc(Nc2cccc(Cl)c2C)n1. The van der Waals surface area contributed by atoms with Gasteiger partial charge in [0.05, 0.1) is 0 Å². The molecule has 1 aromatic heterocycles. The van der Waals surface area contributed by atoms with Gasteiger partial charge in [0.25, 0.3) is 0 Å². The molecule has 2 N–H and O–H groups in total. The average molecular weight is 339 g/mol. The molecule has 4 nitrogen and oxygen atoms in total. The lowest BCUT2D eigenvalue weighted by atomic mass is 10.2. The highest BCUT2D eigenvalue weighted by Crippen LogP contribution is 2.26. The van der Waals surface area contributed by atoms with E-state index in [0.29, 0.717) is 12.4 Å². The fraction of sp³-hybridized carbons (Fsp3) is 0.158. The second-order valence-corrected chi connectivity index (χ2v) is 5.97. The number of aromatic nitrogens is 2. The summed E-state index contributed by atoms with van der Waals surface area (Å²) in [6.07, 6.45) is 0. The smallest absolute Gasteiger partial charge is 0.136 e. The summed E-state index contributed by atoms with van der Waals surface area (Å²) in [4.78, 5) is 8.89. The summed E-state index contributed by atoms with van der Waals surface area (Å²) >= 11 is 6.18. The molecule has 2 aromatic carbocycles. The maximum absolute atomic E-state index is 6.18. The highest BCUT2D eigenvalue weighted by molar-refractivity contribution is 6.31. The molecule has 0 unspecified atom stereocenters. The first kappa shape index (κ1) is 16.3. The van der Waals surface area contributed by atoms with Crippen LogP contribution in [0.1, 0.15) is 17.0 Å². The van der Waals surface area contributed by atoms with Crippen molar-refractivity contribution in [3.63, 3.8) is 0 Å². The lowest BCUT2D eigenvalue weighted by Crippen LogP contribution is -2.05. The second kappa shape index (κ2) is 7.32. The standard InChI is InChI=1S/C19H19ClN4/c1-13-16(20)9-6-10-17(13)24-19-11-18(22-14(2)23-19)21-12-15-7-4-3-5-8-15/h3-11H,12H2,1-2H3,(H2,21,22,23,24). The number of aryl methyl sites for hydroxylation is 1. The number of benzene rings is 2. The Labute approximate surface area is 146 Å². The molecule has 0 fully saturated rings. The van der Waals surface area contributed by atoms with E-state index in [1.807, 2.05) is 56.3 Å². The van der Waals surface area contributed by atoms with E-state index in [9.17, 15) is 0 Å². The first-order valence-corrected chi connectivity index (χ1v) is 8.15. The molecule has 0 saturated carbocycles. The van der Waals surface area contributed by atoms with E-state index in [1.54, 1.807) is 0 Å². The van der Waals surface area contributed by atoms with Gasteiger partial charge in [0.2, 0.25) is 0 Å². The van der Waals surface area contributed by atoms with E-state index < -0.39 is 0 Å². The van der Waals surface area contributed by atoms with Crippen molar-refractivity contribution < 1.29 is 0 Å². The predicted octanol–water partition coefficient (Wildman–Crippen LogP) is 5.10. The summed E-state index contributed by atoms with van der Waals surface area (Å²) in [7, 11) is 0. The molecule has 1 heterocycles. The molecule has 0 aliphatic rings. The van der Waals surface area contributed by atoms with Gasteiger partial charge in [-0.1, -0.05) is 48.0 Å². The van der Waals surface area contributed by atoms with E-state index in [0.717, 1.165) is 27.9 Å². The van der Waals surface area contributed by atoms with Gasteiger partial charge >= 0.3 is 0 Å². The summed E-state index contributed by atoms with van der Waals surface area (Å²) in [5.74, 6) is 2.23. The maximum atomic E-state index is 6.18. The summed E-state index contributed by atoms with van der Waals surface area (Å²) < 4.78 is 0. The molecule has 0 radical (unpaired) electrons. The van der Waals surface area contributed by atoms with Gasteiger partial charge in [-0.3, -0.25) is 0 Å². The van der Waals surface area contributed by atoms with Crippen molar-refractivity contribution in [2.75, 3.05) is 10.6 Å². The number of hydrogen-bond donors (Lipinski definition) is 2. The van der Waals surface area contributed by atoms with E-state index in [2.05, 4.69) is 32.7 Å². The minimum atomic E-state index is 0.704. The van der Waals surface area contributed by atoms with Gasteiger partial charge in [-0.15, -0.1) is 0 Å². The molecule has 0 aliphatic carbocycles. The zero-order chi connectivity index (χ0) is 16.9. The number of nitrogens with zero attached hydrogens (tertiary/aromatic N) is 2. The molecule has 0 amide bonds. The van der Waals surface area contributed by atoms with Gasteiger partial charge < -0.3 is 10.6 Å². The molecule has 5 heteroatoms. The van der Waals surface area contributed by atoms with Gasteiger partial charge in [0.1, 0.15) is 17.5 Å². The molecule has 0 aliphatic heterocycles. The van der Waals surface area contributed by atoms with Crippen molar-refractivity contribution >= 4 is 28.9 Å². The van der Waals surface area contributed by atoms with Crippen LogP contribution in [0.2, 0.25) is 5.02 Å². The summed E-state index contributed by atoms with van der Waals surface area (Å²) in [6.45, 7) is 4.57. The molecular formula is C19H19ClN4. The Morgan fingerprint density at radius 1 is 0.917 bits per heavy atom. The van der Waals surface area contributed by atoms with Crippen molar-refractivity contribution in [3.05, 3.63) is 76.6 Å². The first-order chi connectivity index (χ1) is 11.6. The Bertz CT molecular complexity index is 834. The van der Waals surface area contributed by atoms with Crippen LogP contribution in [0.3, 0.4) is 0 Å². The molecule has 122 valence electrons. The molecular weight excluding hydrogens is 320 g/mol. The zero-order valence-electron chi connectivity index (χ0n) is 13.7. The largest absolute Gasteiger partial charge is 0.366 e. The van der Waals surface area contributed by atoms with Crippen LogP contribution >= 0.6 is 11.6 Å². The summed E-state index contributed by atoms with van der Waals surface area (Å²) in [6, 6.07) is 17.9. The maximum Gasteiger partial charge on any atom is 0.136 e. The zero-order valence-corrected chi connectivity index (χ0v) is 14.4. The third-order valence-electron chi connectivity index (χ3n) is 3.68. The quantitative estimate of drug-likeness (QED) is 0.679. The minimum Gasteiger partial charge on any atom is -0.366 e. The summed E-state index contributed by atoms with van der Waals surface area (Å²) in [5.41, 5.74) is 3.14. The molecule has 0 atom stereocenters. The third kappa shape index (κ3) is 4.03. The normalized spacial score (nSPS) is 10.5. The Morgan fingerprint density at radius 2 is 1.67 bits per heavy atom. The molecule has 3 rings (SSSR count). The van der Waals surface area contributed by atoms with E-state index in [4.69, 9.17) is 11.6 Å². The second-order valence-electron chi connectivity index (χ2n) is 5.56. The van der Waals surface area contributed by atoms with Crippen molar-refractivity contribution in [2.45, 2.75) is 20.4 Å². The van der Waals surface area contributed by atoms with Crippen LogP contribution in [0, 0.1) is 13.8 Å². The Kier molecular flexibility index (Phi) is 4.96. The topological polar surface area (TPSA) is 49.8 Å². The van der Waals surface area contributed by atoms with E-state index >= 15 is 0 Å². The third-order valence-corrected chi connectivity index (χ3v) is 4.09. The Balaban J connectivity index is 1.77. The van der Waals surface area contributed by atoms with E-state index in [-0.39, 0.29) is 0 Å². The fourth-order valence-corrected chi connectivity index (χ4v) is 2.57. The number of anilines is 3. The van der Waals surface area contributed by atoms with Crippen LogP contribution in [-0.4, -0.2) is 9.97 Å². The molecule has 0 bridgehead atoms. The van der Waals surface area contributed by atoms with Crippen LogP contribution < -0.4 is 10.6 Å². The van der Waals surface area contributed by atoms with Crippen LogP contribution in [0.25, 0.3) is 0 Å². The lowest BCUT2D eigenvalue weighted by molar-refractivity contribution is 1.02. The molecule has 3 aromatic rings. The lowest BCUT2D eigenvalue weighted by Gasteiger charge is -2.12. The number of hydrogen-bond acceptors (Lipinski definition) is 4. The molecule has 24 heavy (non-hydrogen) atoms. The molecule has 0 spiro atoms. The van der Waals surface area contributed by atoms with Gasteiger partial charge in [-0.25, -0.2) is 9.97 Å². The Morgan fingerprint density at radius 3 is 2.46 bits per heavy atom. The van der Waals surface area contributed by atoms with E-state index in [1.165, 1.54) is 5.56 Å². The van der Waals surface area contributed by atoms with Crippen LogP contribution in [0.5, 0.6) is 0 Å². The summed E-state index contributed by atoms with van der Waals surface area (Å²) in [5, 5.41) is 7.38. The van der Waals surface area contributed by atoms with Crippen molar-refractivity contribution in [1.82, 2.24) is 9.97 Å². The van der Waals surface area contributed by atoms with Crippen molar-refractivity contribution in [2.24, 2.45) is 0 Å². The van der Waals surface area contributed by atoms with Crippen molar-refractivity contribution in [1.29, 1.82) is 0 Å².